The van der Waals surface area contributed by atoms with Gasteiger partial charge in [-0.1, -0.05) is 25.1 Å². The molecule has 0 unspecified atom stereocenters. The van der Waals surface area contributed by atoms with Gasteiger partial charge in [-0.05, 0) is 48.7 Å². The average molecular weight is 367 g/mol. The minimum atomic E-state index is -0.227. The van der Waals surface area contributed by atoms with E-state index in [2.05, 4.69) is 22.5 Å². The fraction of sp³-hybridized carbons (Fsp3) is 0.200. The summed E-state index contributed by atoms with van der Waals surface area (Å²) in [5, 5.41) is 8.47. The maximum absolute atomic E-state index is 12.4. The average Bonchev–Trinajstić information content (AvgIpc) is 3.11. The summed E-state index contributed by atoms with van der Waals surface area (Å²) < 4.78 is 5.36. The quantitative estimate of drug-likeness (QED) is 0.642. The summed E-state index contributed by atoms with van der Waals surface area (Å²) in [6.07, 6.45) is 0.970. The normalized spacial score (nSPS) is 10.4. The number of aryl methyl sites for hydroxylation is 2. The summed E-state index contributed by atoms with van der Waals surface area (Å²) in [5.74, 6) is 0.502. The minimum Gasteiger partial charge on any atom is -0.495 e. The first kappa shape index (κ1) is 17.9. The highest BCUT2D eigenvalue weighted by molar-refractivity contribution is 7.14. The second-order valence-corrected chi connectivity index (χ2v) is 6.73. The van der Waals surface area contributed by atoms with Gasteiger partial charge in [0.05, 0.1) is 12.8 Å². The number of hydrogen-bond acceptors (Lipinski definition) is 5. The first-order chi connectivity index (χ1) is 12.6. The second-order valence-electron chi connectivity index (χ2n) is 5.87. The first-order valence-electron chi connectivity index (χ1n) is 8.36. The van der Waals surface area contributed by atoms with Crippen LogP contribution in [0.1, 0.15) is 28.5 Å². The van der Waals surface area contributed by atoms with Crippen LogP contribution in [0.2, 0.25) is 0 Å². The van der Waals surface area contributed by atoms with Gasteiger partial charge < -0.3 is 15.4 Å². The molecule has 6 heteroatoms. The third-order valence-corrected chi connectivity index (χ3v) is 4.71. The van der Waals surface area contributed by atoms with Crippen molar-refractivity contribution in [1.82, 2.24) is 4.98 Å². The predicted molar refractivity (Wildman–Crippen MR) is 107 cm³/mol. The van der Waals surface area contributed by atoms with Gasteiger partial charge in [0.1, 0.15) is 11.4 Å². The molecule has 0 aliphatic carbocycles. The van der Waals surface area contributed by atoms with Crippen molar-refractivity contribution in [3.63, 3.8) is 0 Å². The van der Waals surface area contributed by atoms with Crippen molar-refractivity contribution < 1.29 is 9.53 Å². The number of hydrogen-bond donors (Lipinski definition) is 2. The highest BCUT2D eigenvalue weighted by Gasteiger charge is 2.12. The Kier molecular flexibility index (Phi) is 5.53. The Balaban J connectivity index is 1.71. The highest BCUT2D eigenvalue weighted by atomic mass is 32.1. The number of nitrogens with zero attached hydrogens (tertiary/aromatic N) is 1. The van der Waals surface area contributed by atoms with E-state index in [0.29, 0.717) is 10.8 Å². The van der Waals surface area contributed by atoms with Gasteiger partial charge in [-0.2, -0.15) is 0 Å². The lowest BCUT2D eigenvalue weighted by Crippen LogP contribution is -2.12. The molecule has 0 aliphatic heterocycles. The van der Waals surface area contributed by atoms with Crippen LogP contribution in [0, 0.1) is 6.92 Å². The number of carbonyl (C=O) groups is 1. The minimum absolute atomic E-state index is 0.227. The zero-order valence-electron chi connectivity index (χ0n) is 15.0. The van der Waals surface area contributed by atoms with Crippen LogP contribution in [0.4, 0.5) is 16.5 Å². The predicted octanol–water partition coefficient (Wildman–Crippen LogP) is 5.02. The Labute approximate surface area is 157 Å². The van der Waals surface area contributed by atoms with E-state index in [1.807, 2.05) is 49.4 Å². The third kappa shape index (κ3) is 4.21. The van der Waals surface area contributed by atoms with Gasteiger partial charge in [0, 0.05) is 11.1 Å². The molecule has 1 heterocycles. The molecule has 0 radical (unpaired) electrons. The van der Waals surface area contributed by atoms with Crippen molar-refractivity contribution in [3.8, 4) is 5.75 Å². The SMILES string of the molecule is CCc1ccc(NC(=O)c2csc(Nc3cc(C)ccc3OC)n2)cc1. The van der Waals surface area contributed by atoms with Crippen molar-refractivity contribution in [1.29, 1.82) is 0 Å². The van der Waals surface area contributed by atoms with Gasteiger partial charge in [0.2, 0.25) is 0 Å². The van der Waals surface area contributed by atoms with Crippen LogP contribution in [0.3, 0.4) is 0 Å². The summed E-state index contributed by atoms with van der Waals surface area (Å²) in [6, 6.07) is 13.7. The Morgan fingerprint density at radius 3 is 2.65 bits per heavy atom. The molecule has 0 bridgehead atoms. The monoisotopic (exact) mass is 367 g/mol. The molecule has 0 saturated heterocycles. The number of ether oxygens (including phenoxy) is 1. The largest absolute Gasteiger partial charge is 0.495 e. The van der Waals surface area contributed by atoms with E-state index in [9.17, 15) is 4.79 Å². The van der Waals surface area contributed by atoms with Crippen LogP contribution in [0.5, 0.6) is 5.75 Å². The molecule has 3 rings (SSSR count). The number of thiazole rings is 1. The molecule has 2 N–H and O–H groups in total. The molecule has 0 atom stereocenters. The van der Waals surface area contributed by atoms with E-state index in [1.165, 1.54) is 16.9 Å². The standard InChI is InChI=1S/C20H21N3O2S/c1-4-14-6-8-15(9-7-14)21-19(24)17-12-26-20(23-17)22-16-11-13(2)5-10-18(16)25-3/h5-12H,4H2,1-3H3,(H,21,24)(H,22,23). The number of benzene rings is 2. The van der Waals surface area contributed by atoms with Crippen LogP contribution in [-0.4, -0.2) is 18.0 Å². The molecule has 26 heavy (non-hydrogen) atoms. The van der Waals surface area contributed by atoms with E-state index >= 15 is 0 Å². The Morgan fingerprint density at radius 2 is 1.96 bits per heavy atom. The Hall–Kier alpha value is -2.86. The van der Waals surface area contributed by atoms with E-state index in [4.69, 9.17) is 4.74 Å². The summed E-state index contributed by atoms with van der Waals surface area (Å²) in [6.45, 7) is 4.11. The first-order valence-corrected chi connectivity index (χ1v) is 9.24. The number of amides is 1. The number of methoxy groups -OCH3 is 1. The highest BCUT2D eigenvalue weighted by Crippen LogP contribution is 2.30. The Morgan fingerprint density at radius 1 is 1.19 bits per heavy atom. The number of anilines is 3. The molecule has 0 spiro atoms. The van der Waals surface area contributed by atoms with Gasteiger partial charge in [-0.3, -0.25) is 4.79 Å². The zero-order valence-corrected chi connectivity index (χ0v) is 15.8. The van der Waals surface area contributed by atoms with Gasteiger partial charge in [0.25, 0.3) is 5.91 Å². The molecule has 1 amide bonds. The molecular weight excluding hydrogens is 346 g/mol. The molecular formula is C20H21N3O2S. The van der Waals surface area contributed by atoms with Crippen molar-refractivity contribution >= 4 is 33.8 Å². The summed E-state index contributed by atoms with van der Waals surface area (Å²) >= 11 is 1.38. The van der Waals surface area contributed by atoms with Crippen molar-refractivity contribution in [3.05, 3.63) is 64.7 Å². The summed E-state index contributed by atoms with van der Waals surface area (Å²) in [5.41, 5.74) is 4.30. The summed E-state index contributed by atoms with van der Waals surface area (Å²) in [7, 11) is 1.63. The van der Waals surface area contributed by atoms with Crippen LogP contribution in [-0.2, 0) is 6.42 Å². The molecule has 134 valence electrons. The van der Waals surface area contributed by atoms with E-state index in [1.54, 1.807) is 12.5 Å². The second kappa shape index (κ2) is 8.01. The fourth-order valence-corrected chi connectivity index (χ4v) is 3.19. The van der Waals surface area contributed by atoms with Crippen LogP contribution < -0.4 is 15.4 Å². The number of rotatable bonds is 6. The molecule has 2 aromatic carbocycles. The van der Waals surface area contributed by atoms with Crippen LogP contribution in [0.15, 0.2) is 47.8 Å². The molecule has 0 fully saturated rings. The summed E-state index contributed by atoms with van der Waals surface area (Å²) in [4.78, 5) is 16.8. The lowest BCUT2D eigenvalue weighted by Gasteiger charge is -2.09. The van der Waals surface area contributed by atoms with Gasteiger partial charge in [0.15, 0.2) is 5.13 Å². The number of carbonyl (C=O) groups excluding carboxylic acids is 1. The van der Waals surface area contributed by atoms with Crippen LogP contribution in [0.25, 0.3) is 0 Å². The van der Waals surface area contributed by atoms with Crippen molar-refractivity contribution in [2.24, 2.45) is 0 Å². The zero-order chi connectivity index (χ0) is 18.5. The van der Waals surface area contributed by atoms with Gasteiger partial charge in [-0.15, -0.1) is 11.3 Å². The van der Waals surface area contributed by atoms with Crippen molar-refractivity contribution in [2.45, 2.75) is 20.3 Å². The van der Waals surface area contributed by atoms with E-state index < -0.39 is 0 Å². The molecule has 1 aromatic heterocycles. The van der Waals surface area contributed by atoms with Crippen LogP contribution >= 0.6 is 11.3 Å². The number of nitrogens with one attached hydrogen (secondary N) is 2. The molecule has 0 aliphatic rings. The molecule has 5 nitrogen and oxygen atoms in total. The number of aromatic nitrogens is 1. The fourth-order valence-electron chi connectivity index (χ4n) is 2.49. The molecule has 3 aromatic rings. The van der Waals surface area contributed by atoms with Crippen molar-refractivity contribution in [2.75, 3.05) is 17.7 Å². The van der Waals surface area contributed by atoms with Gasteiger partial charge >= 0.3 is 0 Å². The topological polar surface area (TPSA) is 63.2 Å². The smallest absolute Gasteiger partial charge is 0.275 e. The maximum atomic E-state index is 12.4. The van der Waals surface area contributed by atoms with Gasteiger partial charge in [-0.25, -0.2) is 4.98 Å². The molecule has 0 saturated carbocycles. The maximum Gasteiger partial charge on any atom is 0.275 e. The van der Waals surface area contributed by atoms with E-state index in [0.717, 1.165) is 29.1 Å². The lowest BCUT2D eigenvalue weighted by atomic mass is 10.1. The third-order valence-electron chi connectivity index (χ3n) is 3.95. The van der Waals surface area contributed by atoms with E-state index in [-0.39, 0.29) is 5.91 Å². The lowest BCUT2D eigenvalue weighted by molar-refractivity contribution is 0.102. The Bertz CT molecular complexity index is 904.